The molecule has 1 aromatic heterocycles. The highest BCUT2D eigenvalue weighted by Gasteiger charge is 2.01. The Kier molecular flexibility index (Phi) is 4.02. The Morgan fingerprint density at radius 3 is 2.88 bits per heavy atom. The number of aromatic nitrogens is 1. The maximum atomic E-state index is 6.07. The van der Waals surface area contributed by atoms with Crippen molar-refractivity contribution in [2.24, 2.45) is 0 Å². The second-order valence-corrected chi connectivity index (χ2v) is 5.25. The summed E-state index contributed by atoms with van der Waals surface area (Å²) in [4.78, 5) is 4.51. The van der Waals surface area contributed by atoms with E-state index in [1.165, 1.54) is 5.01 Å². The second-order valence-electron chi connectivity index (χ2n) is 3.90. The molecule has 0 aliphatic heterocycles. The fourth-order valence-electron chi connectivity index (χ4n) is 1.49. The first kappa shape index (κ1) is 12.4. The van der Waals surface area contributed by atoms with E-state index in [-0.39, 0.29) is 0 Å². The molecule has 0 spiro atoms. The lowest BCUT2D eigenvalue weighted by molar-refractivity contribution is 1.01. The molecule has 0 bridgehead atoms. The summed E-state index contributed by atoms with van der Waals surface area (Å²) < 4.78 is 0. The van der Waals surface area contributed by atoms with Gasteiger partial charge in [-0.1, -0.05) is 24.6 Å². The van der Waals surface area contributed by atoms with Crippen LogP contribution in [0, 0.1) is 6.92 Å². The van der Waals surface area contributed by atoms with Crippen LogP contribution < -0.4 is 5.32 Å². The number of hydrogen-bond donors (Lipinski definition) is 1. The van der Waals surface area contributed by atoms with E-state index in [1.807, 2.05) is 25.1 Å². The molecule has 0 fully saturated rings. The van der Waals surface area contributed by atoms with E-state index in [0.717, 1.165) is 34.9 Å². The normalized spacial score (nSPS) is 10.5. The quantitative estimate of drug-likeness (QED) is 0.893. The van der Waals surface area contributed by atoms with Crippen molar-refractivity contribution in [3.05, 3.63) is 44.9 Å². The van der Waals surface area contributed by atoms with Gasteiger partial charge >= 0.3 is 0 Å². The van der Waals surface area contributed by atoms with E-state index in [0.29, 0.717) is 0 Å². The number of halogens is 1. The van der Waals surface area contributed by atoms with Gasteiger partial charge in [0, 0.05) is 16.1 Å². The Hall–Kier alpha value is -1.06. The number of hydrogen-bond acceptors (Lipinski definition) is 3. The zero-order valence-corrected chi connectivity index (χ0v) is 11.5. The van der Waals surface area contributed by atoms with Crippen LogP contribution in [0.2, 0.25) is 5.02 Å². The average Bonchev–Trinajstić information content (AvgIpc) is 2.79. The summed E-state index contributed by atoms with van der Waals surface area (Å²) in [5, 5.41) is 7.40. The van der Waals surface area contributed by atoms with Crippen LogP contribution in [0.3, 0.4) is 0 Å². The maximum absolute atomic E-state index is 6.07. The van der Waals surface area contributed by atoms with E-state index in [4.69, 9.17) is 11.6 Å². The third-order valence-electron chi connectivity index (χ3n) is 2.55. The largest absolute Gasteiger partial charge is 0.379 e. The molecule has 0 atom stereocenters. The lowest BCUT2D eigenvalue weighted by Crippen LogP contribution is -2.00. The number of thiazole rings is 1. The molecule has 0 aliphatic carbocycles. The van der Waals surface area contributed by atoms with Gasteiger partial charge < -0.3 is 5.32 Å². The van der Waals surface area contributed by atoms with Crippen LogP contribution in [-0.2, 0) is 13.0 Å². The molecule has 2 aromatic rings. The van der Waals surface area contributed by atoms with Crippen molar-refractivity contribution in [1.82, 2.24) is 4.98 Å². The number of benzene rings is 1. The molecule has 2 nitrogen and oxygen atoms in total. The second kappa shape index (κ2) is 5.52. The molecule has 0 unspecified atom stereocenters. The molecule has 90 valence electrons. The predicted molar refractivity (Wildman–Crippen MR) is 75.0 cm³/mol. The third kappa shape index (κ3) is 3.20. The summed E-state index contributed by atoms with van der Waals surface area (Å²) >= 11 is 7.78. The molecule has 0 aliphatic rings. The van der Waals surface area contributed by atoms with E-state index in [2.05, 4.69) is 22.6 Å². The van der Waals surface area contributed by atoms with Crippen molar-refractivity contribution in [2.75, 3.05) is 5.32 Å². The lowest BCUT2D eigenvalue weighted by atomic mass is 10.2. The molecule has 1 aromatic carbocycles. The van der Waals surface area contributed by atoms with Crippen LogP contribution in [0.15, 0.2) is 23.6 Å². The van der Waals surface area contributed by atoms with Crippen molar-refractivity contribution >= 4 is 28.6 Å². The minimum Gasteiger partial charge on any atom is -0.379 e. The van der Waals surface area contributed by atoms with Gasteiger partial charge in [-0.25, -0.2) is 4.98 Å². The summed E-state index contributed by atoms with van der Waals surface area (Å²) in [5.74, 6) is 0. The molecule has 1 N–H and O–H groups in total. The third-order valence-corrected chi connectivity index (χ3v) is 4.00. The van der Waals surface area contributed by atoms with Gasteiger partial charge in [0.25, 0.3) is 0 Å². The van der Waals surface area contributed by atoms with Crippen molar-refractivity contribution in [1.29, 1.82) is 0 Å². The molecule has 4 heteroatoms. The number of rotatable bonds is 4. The summed E-state index contributed by atoms with van der Waals surface area (Å²) in [6.45, 7) is 4.87. The molecule has 0 radical (unpaired) electrons. The zero-order chi connectivity index (χ0) is 12.3. The zero-order valence-electron chi connectivity index (χ0n) is 9.96. The van der Waals surface area contributed by atoms with E-state index in [1.54, 1.807) is 11.3 Å². The highest BCUT2D eigenvalue weighted by molar-refractivity contribution is 7.09. The van der Waals surface area contributed by atoms with Crippen LogP contribution >= 0.6 is 22.9 Å². The summed E-state index contributed by atoms with van der Waals surface area (Å²) in [5.41, 5.74) is 3.22. The van der Waals surface area contributed by atoms with E-state index in [9.17, 15) is 0 Å². The van der Waals surface area contributed by atoms with Crippen LogP contribution in [0.5, 0.6) is 0 Å². The van der Waals surface area contributed by atoms with Crippen LogP contribution in [0.4, 0.5) is 5.69 Å². The monoisotopic (exact) mass is 266 g/mol. The van der Waals surface area contributed by atoms with Gasteiger partial charge in [0.2, 0.25) is 0 Å². The van der Waals surface area contributed by atoms with Crippen molar-refractivity contribution in [3.8, 4) is 0 Å². The Bertz CT molecular complexity index is 508. The van der Waals surface area contributed by atoms with E-state index < -0.39 is 0 Å². The summed E-state index contributed by atoms with van der Waals surface area (Å²) in [6.07, 6.45) is 1.00. The van der Waals surface area contributed by atoms with Gasteiger partial charge in [-0.05, 0) is 31.0 Å². The van der Waals surface area contributed by atoms with E-state index >= 15 is 0 Å². The molecular formula is C13H15ClN2S. The Morgan fingerprint density at radius 1 is 1.41 bits per heavy atom. The molecular weight excluding hydrogens is 252 g/mol. The Labute approximate surface area is 111 Å². The van der Waals surface area contributed by atoms with Gasteiger partial charge in [-0.2, -0.15) is 0 Å². The Balaban J connectivity index is 1.99. The van der Waals surface area contributed by atoms with Gasteiger partial charge in [0.1, 0.15) is 0 Å². The first-order chi connectivity index (χ1) is 8.19. The predicted octanol–water partition coefficient (Wildman–Crippen LogP) is 4.28. The Morgan fingerprint density at radius 2 is 2.24 bits per heavy atom. The first-order valence-electron chi connectivity index (χ1n) is 5.62. The van der Waals surface area contributed by atoms with Gasteiger partial charge in [-0.3, -0.25) is 0 Å². The van der Waals surface area contributed by atoms with Crippen molar-refractivity contribution in [3.63, 3.8) is 0 Å². The SMILES string of the molecule is CCc1nc(CNc2ccc(C)c(Cl)c2)cs1. The van der Waals surface area contributed by atoms with Crippen LogP contribution in [0.25, 0.3) is 0 Å². The van der Waals surface area contributed by atoms with Gasteiger partial charge in [0.15, 0.2) is 0 Å². The van der Waals surface area contributed by atoms with Crippen LogP contribution in [-0.4, -0.2) is 4.98 Å². The molecule has 0 amide bonds. The minimum atomic E-state index is 0.746. The molecule has 0 saturated carbocycles. The number of nitrogens with one attached hydrogen (secondary N) is 1. The topological polar surface area (TPSA) is 24.9 Å². The fourth-order valence-corrected chi connectivity index (χ4v) is 2.41. The number of anilines is 1. The van der Waals surface area contributed by atoms with Crippen LogP contribution in [0.1, 0.15) is 23.2 Å². The summed E-state index contributed by atoms with van der Waals surface area (Å²) in [7, 11) is 0. The first-order valence-corrected chi connectivity index (χ1v) is 6.88. The smallest absolute Gasteiger partial charge is 0.0926 e. The van der Waals surface area contributed by atoms with Gasteiger partial charge in [-0.15, -0.1) is 11.3 Å². The van der Waals surface area contributed by atoms with Crippen molar-refractivity contribution < 1.29 is 0 Å². The molecule has 2 rings (SSSR count). The average molecular weight is 267 g/mol. The lowest BCUT2D eigenvalue weighted by Gasteiger charge is -2.06. The standard InChI is InChI=1S/C13H15ClN2S/c1-3-13-16-11(8-17-13)7-15-10-5-4-9(2)12(14)6-10/h4-6,8,15H,3,7H2,1-2H3. The molecule has 1 heterocycles. The minimum absolute atomic E-state index is 0.746. The fraction of sp³-hybridized carbons (Fsp3) is 0.308. The van der Waals surface area contributed by atoms with Crippen molar-refractivity contribution in [2.45, 2.75) is 26.8 Å². The molecule has 0 saturated heterocycles. The number of aryl methyl sites for hydroxylation is 2. The summed E-state index contributed by atoms with van der Waals surface area (Å²) in [6, 6.07) is 6.00. The highest BCUT2D eigenvalue weighted by atomic mass is 35.5. The molecule has 17 heavy (non-hydrogen) atoms. The highest BCUT2D eigenvalue weighted by Crippen LogP contribution is 2.20. The maximum Gasteiger partial charge on any atom is 0.0926 e. The van der Waals surface area contributed by atoms with Gasteiger partial charge in [0.05, 0.1) is 17.2 Å². The number of nitrogens with zero attached hydrogens (tertiary/aromatic N) is 1.